The molecule has 2 saturated carbocycles. The van der Waals surface area contributed by atoms with Gasteiger partial charge in [-0.15, -0.1) is 0 Å². The van der Waals surface area contributed by atoms with Gasteiger partial charge in [-0.3, -0.25) is 14.3 Å². The Bertz CT molecular complexity index is 867. The summed E-state index contributed by atoms with van der Waals surface area (Å²) in [6, 6.07) is 11.4. The number of carbonyl (C=O) groups is 2. The Labute approximate surface area is 164 Å². The number of ether oxygens (including phenoxy) is 1. The van der Waals surface area contributed by atoms with Crippen LogP contribution in [0.4, 0.5) is 0 Å². The summed E-state index contributed by atoms with van der Waals surface area (Å²) in [7, 11) is 3.30. The van der Waals surface area contributed by atoms with E-state index in [0.29, 0.717) is 23.6 Å². The Morgan fingerprint density at radius 1 is 1.18 bits per heavy atom. The van der Waals surface area contributed by atoms with E-state index in [2.05, 4.69) is 15.7 Å². The van der Waals surface area contributed by atoms with Gasteiger partial charge in [-0.2, -0.15) is 5.10 Å². The number of nitrogens with zero attached hydrogens (tertiary/aromatic N) is 2. The molecule has 0 spiro atoms. The van der Waals surface area contributed by atoms with Gasteiger partial charge in [0.2, 0.25) is 0 Å². The zero-order chi connectivity index (χ0) is 19.8. The number of amides is 2. The predicted molar refractivity (Wildman–Crippen MR) is 104 cm³/mol. The van der Waals surface area contributed by atoms with Crippen molar-refractivity contribution in [2.24, 2.45) is 11.8 Å². The summed E-state index contributed by atoms with van der Waals surface area (Å²) in [5.74, 6) is 0.503. The van der Waals surface area contributed by atoms with Gasteiger partial charge >= 0.3 is 0 Å². The molecule has 2 aliphatic carbocycles. The second-order valence-electron chi connectivity index (χ2n) is 7.68. The van der Waals surface area contributed by atoms with E-state index in [9.17, 15) is 9.59 Å². The maximum absolute atomic E-state index is 13.0. The molecule has 2 unspecified atom stereocenters. The lowest BCUT2D eigenvalue weighted by molar-refractivity contribution is 0.0870. The minimum absolute atomic E-state index is 0.170. The van der Waals surface area contributed by atoms with E-state index in [-0.39, 0.29) is 29.6 Å². The monoisotopic (exact) mass is 382 g/mol. The largest absolute Gasteiger partial charge is 0.381 e. The number of rotatable bonds is 6. The van der Waals surface area contributed by atoms with Crippen LogP contribution in [0.1, 0.15) is 52.3 Å². The lowest BCUT2D eigenvalue weighted by Crippen LogP contribution is -2.32. The van der Waals surface area contributed by atoms with Gasteiger partial charge in [0, 0.05) is 26.3 Å². The van der Waals surface area contributed by atoms with Crippen molar-refractivity contribution in [3.05, 3.63) is 53.3 Å². The molecule has 2 aromatic rings. The van der Waals surface area contributed by atoms with E-state index in [1.807, 2.05) is 37.3 Å². The summed E-state index contributed by atoms with van der Waals surface area (Å²) < 4.78 is 7.06. The molecule has 0 aliphatic heterocycles. The summed E-state index contributed by atoms with van der Waals surface area (Å²) in [6.07, 6.45) is 2.30. The van der Waals surface area contributed by atoms with Gasteiger partial charge in [0.1, 0.15) is 5.69 Å². The molecule has 2 N–H and O–H groups in total. The van der Waals surface area contributed by atoms with Crippen LogP contribution in [-0.2, 0) is 4.74 Å². The van der Waals surface area contributed by atoms with Crippen molar-refractivity contribution in [3.8, 4) is 0 Å². The Morgan fingerprint density at radius 2 is 1.86 bits per heavy atom. The molecule has 2 fully saturated rings. The number of nitrogens with one attached hydrogen (secondary N) is 2. The maximum Gasteiger partial charge on any atom is 0.271 e. The fraction of sp³-hybridized carbons (Fsp3) is 0.476. The average Bonchev–Trinajstić information content (AvgIpc) is 3.12. The molecule has 7 heteroatoms. The van der Waals surface area contributed by atoms with Crippen molar-refractivity contribution in [2.75, 3.05) is 14.2 Å². The summed E-state index contributed by atoms with van der Waals surface area (Å²) >= 11 is 0. The van der Waals surface area contributed by atoms with Gasteiger partial charge in [0.05, 0.1) is 12.1 Å². The van der Waals surface area contributed by atoms with E-state index in [0.717, 1.165) is 18.4 Å². The molecule has 2 aliphatic rings. The fourth-order valence-corrected chi connectivity index (χ4v) is 4.39. The van der Waals surface area contributed by atoms with Crippen LogP contribution in [0, 0.1) is 11.8 Å². The number of fused-ring (bicyclic) bond motifs is 1. The van der Waals surface area contributed by atoms with Crippen LogP contribution in [-0.4, -0.2) is 47.9 Å². The molecule has 1 aromatic carbocycles. The van der Waals surface area contributed by atoms with E-state index in [1.54, 1.807) is 24.9 Å². The van der Waals surface area contributed by atoms with Crippen LogP contribution in [0.15, 0.2) is 36.4 Å². The maximum atomic E-state index is 13.0. The first kappa shape index (κ1) is 18.7. The van der Waals surface area contributed by atoms with Gasteiger partial charge in [0.25, 0.3) is 11.8 Å². The van der Waals surface area contributed by atoms with E-state index >= 15 is 0 Å². The zero-order valence-electron chi connectivity index (χ0n) is 16.4. The molecule has 2 amide bonds. The third kappa shape index (κ3) is 3.30. The SMILES string of the molecule is CNC(=O)c1cc(C(=O)NC2[C@H]3CC(OC)C[C@@H]23)n([C@@H](C)c2ccccc2)n1. The molecular weight excluding hydrogens is 356 g/mol. The standard InChI is InChI=1S/C21H26N4O3/c1-12(13-7-5-4-6-8-13)25-18(11-17(24-25)20(26)22-2)21(27)23-19-15-9-14(28-3)10-16(15)19/h4-8,11-12,14-16,19H,9-10H2,1-3H3,(H,22,26)(H,23,27)/t12-,14?,15-,16+,19?/m0/s1. The van der Waals surface area contributed by atoms with Crippen LogP contribution in [0.3, 0.4) is 0 Å². The topological polar surface area (TPSA) is 85.3 Å². The number of methoxy groups -OCH3 is 1. The summed E-state index contributed by atoms with van der Waals surface area (Å²) in [4.78, 5) is 25.1. The highest BCUT2D eigenvalue weighted by Crippen LogP contribution is 2.52. The van der Waals surface area contributed by atoms with Crippen LogP contribution >= 0.6 is 0 Å². The smallest absolute Gasteiger partial charge is 0.271 e. The minimum Gasteiger partial charge on any atom is -0.381 e. The predicted octanol–water partition coefficient (Wildman–Crippen LogP) is 2.01. The summed E-state index contributed by atoms with van der Waals surface area (Å²) in [6.45, 7) is 1.97. The first-order chi connectivity index (χ1) is 13.5. The molecule has 28 heavy (non-hydrogen) atoms. The minimum atomic E-state index is -0.306. The van der Waals surface area contributed by atoms with Crippen molar-refractivity contribution in [1.82, 2.24) is 20.4 Å². The first-order valence-electron chi connectivity index (χ1n) is 9.73. The van der Waals surface area contributed by atoms with Crippen LogP contribution in [0.25, 0.3) is 0 Å². The zero-order valence-corrected chi connectivity index (χ0v) is 16.4. The quantitative estimate of drug-likeness (QED) is 0.800. The van der Waals surface area contributed by atoms with Crippen molar-refractivity contribution < 1.29 is 14.3 Å². The van der Waals surface area contributed by atoms with Crippen molar-refractivity contribution in [2.45, 2.75) is 38.0 Å². The van der Waals surface area contributed by atoms with Crippen LogP contribution in [0.5, 0.6) is 0 Å². The molecular formula is C21H26N4O3. The van der Waals surface area contributed by atoms with E-state index in [4.69, 9.17) is 4.74 Å². The van der Waals surface area contributed by atoms with Gasteiger partial charge in [-0.25, -0.2) is 0 Å². The van der Waals surface area contributed by atoms with Gasteiger partial charge in [0.15, 0.2) is 5.69 Å². The first-order valence-corrected chi connectivity index (χ1v) is 9.73. The number of benzene rings is 1. The summed E-state index contributed by atoms with van der Waals surface area (Å²) in [5, 5.41) is 10.2. The second-order valence-corrected chi connectivity index (χ2v) is 7.68. The number of aromatic nitrogens is 2. The van der Waals surface area contributed by atoms with Crippen LogP contribution < -0.4 is 10.6 Å². The van der Waals surface area contributed by atoms with Crippen molar-refractivity contribution in [3.63, 3.8) is 0 Å². The highest BCUT2D eigenvalue weighted by Gasteiger charge is 2.57. The fourth-order valence-electron chi connectivity index (χ4n) is 4.39. The molecule has 148 valence electrons. The lowest BCUT2D eigenvalue weighted by Gasteiger charge is -2.17. The molecule has 0 radical (unpaired) electrons. The van der Waals surface area contributed by atoms with Gasteiger partial charge < -0.3 is 15.4 Å². The van der Waals surface area contributed by atoms with Gasteiger partial charge in [-0.1, -0.05) is 30.3 Å². The lowest BCUT2D eigenvalue weighted by atomic mass is 10.1. The molecule has 0 bridgehead atoms. The molecule has 7 nitrogen and oxygen atoms in total. The molecule has 0 saturated heterocycles. The molecule has 1 aromatic heterocycles. The number of hydrogen-bond donors (Lipinski definition) is 2. The third-order valence-electron chi connectivity index (χ3n) is 6.11. The molecule has 1 heterocycles. The Kier molecular flexibility index (Phi) is 4.93. The second kappa shape index (κ2) is 7.39. The van der Waals surface area contributed by atoms with E-state index in [1.165, 1.54) is 0 Å². The average molecular weight is 382 g/mol. The molecule has 5 atom stereocenters. The Hall–Kier alpha value is -2.67. The Morgan fingerprint density at radius 3 is 2.46 bits per heavy atom. The van der Waals surface area contributed by atoms with Crippen molar-refractivity contribution in [1.29, 1.82) is 0 Å². The number of carbonyl (C=O) groups excluding carboxylic acids is 2. The molecule has 4 rings (SSSR count). The third-order valence-corrected chi connectivity index (χ3v) is 6.11. The summed E-state index contributed by atoms with van der Waals surface area (Å²) in [5.41, 5.74) is 1.67. The highest BCUT2D eigenvalue weighted by atomic mass is 16.5. The normalized spacial score (nSPS) is 26.4. The van der Waals surface area contributed by atoms with Crippen LogP contribution in [0.2, 0.25) is 0 Å². The Balaban J connectivity index is 1.56. The number of hydrogen-bond acceptors (Lipinski definition) is 4. The van der Waals surface area contributed by atoms with Crippen molar-refractivity contribution >= 4 is 11.8 Å². The van der Waals surface area contributed by atoms with Gasteiger partial charge in [-0.05, 0) is 37.2 Å². The van der Waals surface area contributed by atoms with E-state index < -0.39 is 0 Å². The highest BCUT2D eigenvalue weighted by molar-refractivity contribution is 5.98.